The van der Waals surface area contributed by atoms with Gasteiger partial charge in [-0.3, -0.25) is 4.79 Å². The van der Waals surface area contributed by atoms with E-state index < -0.39 is 0 Å². The highest BCUT2D eigenvalue weighted by atomic mass is 35.5. The fourth-order valence-electron chi connectivity index (χ4n) is 1.51. The molecule has 0 atom stereocenters. The Bertz CT molecular complexity index is 533. The maximum Gasteiger partial charge on any atom is 0.287 e. The second-order valence-corrected chi connectivity index (χ2v) is 4.15. The van der Waals surface area contributed by atoms with Crippen LogP contribution in [0, 0.1) is 0 Å². The van der Waals surface area contributed by atoms with E-state index in [1.807, 2.05) is 12.1 Å². The first-order valence-corrected chi connectivity index (χ1v) is 5.84. The average Bonchev–Trinajstić information content (AvgIpc) is 2.78. The van der Waals surface area contributed by atoms with E-state index in [1.54, 1.807) is 12.1 Å². The Morgan fingerprint density at radius 1 is 1.22 bits per heavy atom. The van der Waals surface area contributed by atoms with Crippen LogP contribution in [0.25, 0.3) is 0 Å². The van der Waals surface area contributed by atoms with Crippen LogP contribution < -0.4 is 5.32 Å². The van der Waals surface area contributed by atoms with Gasteiger partial charge >= 0.3 is 0 Å². The molecule has 1 heterocycles. The summed E-state index contributed by atoms with van der Waals surface area (Å²) < 4.78 is 4.98. The van der Waals surface area contributed by atoms with E-state index in [0.717, 1.165) is 5.56 Å². The molecule has 94 valence electrons. The van der Waals surface area contributed by atoms with Gasteiger partial charge in [-0.15, -0.1) is 0 Å². The minimum atomic E-state index is -0.291. The molecular formula is C13H12ClNO3. The summed E-state index contributed by atoms with van der Waals surface area (Å²) in [6.07, 6.45) is 0.681. The van der Waals surface area contributed by atoms with Gasteiger partial charge < -0.3 is 14.8 Å². The van der Waals surface area contributed by atoms with Crippen molar-refractivity contribution in [2.24, 2.45) is 0 Å². The van der Waals surface area contributed by atoms with Crippen molar-refractivity contribution in [2.45, 2.75) is 6.42 Å². The number of hydrogen-bond donors (Lipinski definition) is 2. The molecule has 0 bridgehead atoms. The molecule has 0 saturated heterocycles. The number of hydrogen-bond acceptors (Lipinski definition) is 3. The number of aromatic hydroxyl groups is 1. The highest BCUT2D eigenvalue weighted by Crippen LogP contribution is 2.13. The molecule has 0 fully saturated rings. The smallest absolute Gasteiger partial charge is 0.287 e. The molecule has 2 N–H and O–H groups in total. The molecule has 4 nitrogen and oxygen atoms in total. The fourth-order valence-corrected chi connectivity index (χ4v) is 1.65. The van der Waals surface area contributed by atoms with Crippen molar-refractivity contribution >= 4 is 17.5 Å². The second kappa shape index (κ2) is 5.60. The molecule has 0 unspecified atom stereocenters. The zero-order valence-electron chi connectivity index (χ0n) is 9.52. The van der Waals surface area contributed by atoms with Gasteiger partial charge in [0.15, 0.2) is 11.0 Å². The van der Waals surface area contributed by atoms with E-state index in [1.165, 1.54) is 12.1 Å². The van der Waals surface area contributed by atoms with Gasteiger partial charge in [0.25, 0.3) is 5.91 Å². The van der Waals surface area contributed by atoms with E-state index in [9.17, 15) is 4.79 Å². The summed E-state index contributed by atoms with van der Waals surface area (Å²) in [5, 5.41) is 12.0. The monoisotopic (exact) mass is 265 g/mol. The van der Waals surface area contributed by atoms with E-state index in [0.29, 0.717) is 13.0 Å². The predicted octanol–water partition coefficient (Wildman–Crippen LogP) is 2.61. The first-order chi connectivity index (χ1) is 8.65. The number of carbonyl (C=O) groups excluding carboxylic acids is 1. The maximum absolute atomic E-state index is 11.6. The molecule has 0 spiro atoms. The van der Waals surface area contributed by atoms with Crippen LogP contribution in [-0.4, -0.2) is 17.6 Å². The zero-order valence-corrected chi connectivity index (χ0v) is 10.3. The normalized spacial score (nSPS) is 10.3. The van der Waals surface area contributed by atoms with E-state index in [4.69, 9.17) is 21.1 Å². The average molecular weight is 266 g/mol. The van der Waals surface area contributed by atoms with Gasteiger partial charge in [0.1, 0.15) is 5.75 Å². The van der Waals surface area contributed by atoms with Crippen LogP contribution in [0.4, 0.5) is 0 Å². The lowest BCUT2D eigenvalue weighted by atomic mass is 10.1. The Morgan fingerprint density at radius 2 is 1.94 bits per heavy atom. The second-order valence-electron chi connectivity index (χ2n) is 3.78. The molecule has 2 aromatic rings. The Hall–Kier alpha value is -1.94. The fraction of sp³-hybridized carbons (Fsp3) is 0.154. The van der Waals surface area contributed by atoms with Crippen LogP contribution in [0.2, 0.25) is 5.22 Å². The van der Waals surface area contributed by atoms with Crippen molar-refractivity contribution in [3.05, 3.63) is 52.9 Å². The van der Waals surface area contributed by atoms with Crippen LogP contribution in [0.15, 0.2) is 40.8 Å². The van der Waals surface area contributed by atoms with Crippen LogP contribution >= 0.6 is 11.6 Å². The molecule has 2 rings (SSSR count). The highest BCUT2D eigenvalue weighted by molar-refractivity contribution is 6.29. The zero-order chi connectivity index (χ0) is 13.0. The Balaban J connectivity index is 1.82. The Morgan fingerprint density at radius 3 is 2.56 bits per heavy atom. The number of halogens is 1. The van der Waals surface area contributed by atoms with Crippen molar-refractivity contribution in [3.8, 4) is 5.75 Å². The van der Waals surface area contributed by atoms with Crippen molar-refractivity contribution < 1.29 is 14.3 Å². The molecule has 0 saturated carbocycles. The molecule has 5 heteroatoms. The largest absolute Gasteiger partial charge is 0.508 e. The van der Waals surface area contributed by atoms with E-state index >= 15 is 0 Å². The quantitative estimate of drug-likeness (QED) is 0.893. The number of amides is 1. The van der Waals surface area contributed by atoms with Gasteiger partial charge in [0.2, 0.25) is 0 Å². The minimum absolute atomic E-state index is 0.193. The number of rotatable bonds is 4. The van der Waals surface area contributed by atoms with Crippen LogP contribution in [0.1, 0.15) is 16.1 Å². The standard InChI is InChI=1S/C13H12ClNO3/c14-12-6-5-11(18-12)13(17)15-8-7-9-1-3-10(16)4-2-9/h1-6,16H,7-8H2,(H,15,17). The highest BCUT2D eigenvalue weighted by Gasteiger charge is 2.09. The first kappa shape index (κ1) is 12.5. The van der Waals surface area contributed by atoms with E-state index in [2.05, 4.69) is 5.32 Å². The van der Waals surface area contributed by atoms with Crippen molar-refractivity contribution in [2.75, 3.05) is 6.54 Å². The SMILES string of the molecule is O=C(NCCc1ccc(O)cc1)c1ccc(Cl)o1. The molecule has 0 aliphatic heterocycles. The maximum atomic E-state index is 11.6. The number of benzene rings is 1. The minimum Gasteiger partial charge on any atom is -0.508 e. The van der Waals surface area contributed by atoms with Crippen molar-refractivity contribution in [3.63, 3.8) is 0 Å². The molecule has 18 heavy (non-hydrogen) atoms. The van der Waals surface area contributed by atoms with Gasteiger partial charge in [-0.05, 0) is 47.9 Å². The lowest BCUT2D eigenvalue weighted by Gasteiger charge is -2.03. The number of phenolic OH excluding ortho intramolecular Hbond substituents is 1. The topological polar surface area (TPSA) is 62.5 Å². The van der Waals surface area contributed by atoms with Crippen LogP contribution in [0.5, 0.6) is 5.75 Å². The number of nitrogens with one attached hydrogen (secondary N) is 1. The summed E-state index contributed by atoms with van der Waals surface area (Å²) in [7, 11) is 0. The predicted molar refractivity (Wildman–Crippen MR) is 67.9 cm³/mol. The third kappa shape index (κ3) is 3.28. The Kier molecular flexibility index (Phi) is 3.89. The lowest BCUT2D eigenvalue weighted by Crippen LogP contribution is -2.25. The third-order valence-corrected chi connectivity index (χ3v) is 2.64. The number of phenols is 1. The van der Waals surface area contributed by atoms with Gasteiger partial charge in [-0.25, -0.2) is 0 Å². The molecule has 1 amide bonds. The van der Waals surface area contributed by atoms with Crippen molar-refractivity contribution in [1.29, 1.82) is 0 Å². The summed E-state index contributed by atoms with van der Waals surface area (Å²) in [6.45, 7) is 0.488. The molecule has 0 radical (unpaired) electrons. The summed E-state index contributed by atoms with van der Waals surface area (Å²) in [5.41, 5.74) is 1.03. The van der Waals surface area contributed by atoms with Crippen LogP contribution in [-0.2, 0) is 6.42 Å². The molecular weight excluding hydrogens is 254 g/mol. The van der Waals surface area contributed by atoms with E-state index in [-0.39, 0.29) is 22.6 Å². The summed E-state index contributed by atoms with van der Waals surface area (Å²) in [6, 6.07) is 9.90. The molecule has 0 aliphatic rings. The van der Waals surface area contributed by atoms with Crippen LogP contribution in [0.3, 0.4) is 0 Å². The summed E-state index contributed by atoms with van der Waals surface area (Å²) in [5.74, 6) is 0.138. The summed E-state index contributed by atoms with van der Waals surface area (Å²) in [4.78, 5) is 11.6. The first-order valence-electron chi connectivity index (χ1n) is 5.46. The lowest BCUT2D eigenvalue weighted by molar-refractivity contribution is 0.0926. The molecule has 1 aromatic heterocycles. The molecule has 0 aliphatic carbocycles. The Labute approximate surface area is 109 Å². The third-order valence-electron chi connectivity index (χ3n) is 2.43. The van der Waals surface area contributed by atoms with Crippen molar-refractivity contribution in [1.82, 2.24) is 5.32 Å². The van der Waals surface area contributed by atoms with Gasteiger partial charge in [-0.1, -0.05) is 12.1 Å². The summed E-state index contributed by atoms with van der Waals surface area (Å²) >= 11 is 5.58. The number of furan rings is 1. The van der Waals surface area contributed by atoms with Gasteiger partial charge in [-0.2, -0.15) is 0 Å². The molecule has 1 aromatic carbocycles. The van der Waals surface area contributed by atoms with Gasteiger partial charge in [0, 0.05) is 6.54 Å². The number of carbonyl (C=O) groups is 1. The van der Waals surface area contributed by atoms with Gasteiger partial charge in [0.05, 0.1) is 0 Å².